The Bertz CT molecular complexity index is 2580. The SMILES string of the molecule is CCN(CC)CC.COc1ccc(C(OC[C@H]2O[C@@H](n3cnc4c(=O)[nH]c(N)nc43)[C@H](NC(=O)C(C)C)[C@@H]2OP(=O)(O)Oc2ccccc2Cl)(c2ccccc2)c2ccc(OC)cc2)cc1. The number of hydrogen-bond acceptors (Lipinski definition) is 13. The topological polar surface area (TPSA) is 215 Å². The van der Waals surface area contributed by atoms with Crippen molar-refractivity contribution in [3.63, 3.8) is 0 Å². The van der Waals surface area contributed by atoms with Gasteiger partial charge in [-0.2, -0.15) is 4.98 Å². The first kappa shape index (κ1) is 49.6. The van der Waals surface area contributed by atoms with E-state index < -0.39 is 55.3 Å². The van der Waals surface area contributed by atoms with Gasteiger partial charge in [0.25, 0.3) is 5.56 Å². The Morgan fingerprint density at radius 1 is 0.924 bits per heavy atom. The molecule has 19 heteroatoms. The summed E-state index contributed by atoms with van der Waals surface area (Å²) < 4.78 is 51.8. The first-order valence-corrected chi connectivity index (χ1v) is 23.4. The number of imidazole rings is 1. The lowest BCUT2D eigenvalue weighted by Crippen LogP contribution is -2.49. The number of H-pyrrole nitrogens is 1. The number of anilines is 1. The van der Waals surface area contributed by atoms with Crippen LogP contribution in [0.1, 0.15) is 57.5 Å². The summed E-state index contributed by atoms with van der Waals surface area (Å²) in [7, 11) is -1.93. The number of fused-ring (bicyclic) bond motifs is 1. The summed E-state index contributed by atoms with van der Waals surface area (Å²) in [5.74, 6) is -0.0720. The van der Waals surface area contributed by atoms with Gasteiger partial charge in [0.05, 0.1) is 32.2 Å². The number of aromatic amines is 1. The molecule has 0 bridgehead atoms. The van der Waals surface area contributed by atoms with Crippen LogP contribution in [0.3, 0.4) is 0 Å². The van der Waals surface area contributed by atoms with Crippen molar-refractivity contribution >= 4 is 42.4 Å². The maximum Gasteiger partial charge on any atom is 0.527 e. The van der Waals surface area contributed by atoms with Gasteiger partial charge in [-0.05, 0) is 72.7 Å². The third-order valence-corrected chi connectivity index (χ3v) is 12.4. The Hall–Kier alpha value is -5.78. The number of nitrogens with two attached hydrogens (primary N) is 1. The molecule has 3 heterocycles. The van der Waals surface area contributed by atoms with E-state index in [2.05, 4.69) is 45.9 Å². The van der Waals surface area contributed by atoms with Crippen LogP contribution in [0.15, 0.2) is 114 Å². The van der Waals surface area contributed by atoms with Gasteiger partial charge < -0.3 is 39.4 Å². The van der Waals surface area contributed by atoms with Crippen LogP contribution in [-0.2, 0) is 29.0 Å². The van der Waals surface area contributed by atoms with Crippen LogP contribution in [0.2, 0.25) is 5.02 Å². The number of phosphoric ester groups is 1. The summed E-state index contributed by atoms with van der Waals surface area (Å²) in [5, 5.41) is 2.98. The van der Waals surface area contributed by atoms with E-state index in [1.807, 2.05) is 78.9 Å². The molecule has 17 nitrogen and oxygen atoms in total. The number of amides is 1. The van der Waals surface area contributed by atoms with Crippen LogP contribution >= 0.6 is 19.4 Å². The Balaban J connectivity index is 0.000000952. The van der Waals surface area contributed by atoms with E-state index in [0.29, 0.717) is 22.6 Å². The van der Waals surface area contributed by atoms with Crippen molar-refractivity contribution in [2.45, 2.75) is 64.7 Å². The smallest absolute Gasteiger partial charge is 0.497 e. The molecule has 1 aliphatic rings. The third kappa shape index (κ3) is 11.2. The molecule has 2 aromatic heterocycles. The fraction of sp³-hybridized carbons (Fsp3) is 0.362. The van der Waals surface area contributed by atoms with Crippen LogP contribution < -0.4 is 30.6 Å². The Labute approximate surface area is 388 Å². The Morgan fingerprint density at radius 3 is 2.02 bits per heavy atom. The lowest BCUT2D eigenvalue weighted by molar-refractivity contribution is -0.126. The minimum Gasteiger partial charge on any atom is -0.497 e. The van der Waals surface area contributed by atoms with Gasteiger partial charge in [0, 0.05) is 5.92 Å². The molecule has 0 radical (unpaired) electrons. The minimum atomic E-state index is -5.07. The summed E-state index contributed by atoms with van der Waals surface area (Å²) in [4.78, 5) is 51.1. The molecular weight excluding hydrogens is 889 g/mol. The maximum atomic E-state index is 14.0. The Morgan fingerprint density at radius 2 is 1.48 bits per heavy atom. The summed E-state index contributed by atoms with van der Waals surface area (Å²) in [5.41, 5.74) is 6.06. The number of hydrogen-bond donors (Lipinski definition) is 4. The number of nitrogen functional groups attached to an aromatic ring is 1. The van der Waals surface area contributed by atoms with E-state index in [0.717, 1.165) is 5.56 Å². The zero-order valence-electron chi connectivity index (χ0n) is 37.9. The first-order valence-electron chi connectivity index (χ1n) is 21.5. The summed E-state index contributed by atoms with van der Waals surface area (Å²) in [6, 6.07) is 29.1. The zero-order chi connectivity index (χ0) is 47.6. The second-order valence-electron chi connectivity index (χ2n) is 15.5. The third-order valence-electron chi connectivity index (χ3n) is 11.2. The van der Waals surface area contributed by atoms with Gasteiger partial charge in [-0.15, -0.1) is 0 Å². The molecule has 1 fully saturated rings. The first-order chi connectivity index (χ1) is 31.7. The lowest BCUT2D eigenvalue weighted by Gasteiger charge is -2.37. The predicted molar refractivity (Wildman–Crippen MR) is 252 cm³/mol. The van der Waals surface area contributed by atoms with Crippen molar-refractivity contribution in [2.75, 3.05) is 46.2 Å². The van der Waals surface area contributed by atoms with E-state index in [1.54, 1.807) is 40.2 Å². The maximum absolute atomic E-state index is 14.0. The highest BCUT2D eigenvalue weighted by Gasteiger charge is 2.52. The molecule has 1 amide bonds. The van der Waals surface area contributed by atoms with Gasteiger partial charge in [-0.25, -0.2) is 9.55 Å². The number of carbonyl (C=O) groups is 1. The molecule has 1 saturated heterocycles. The minimum absolute atomic E-state index is 0.0231. The molecule has 0 spiro atoms. The molecule has 5 atom stereocenters. The molecule has 0 aliphatic carbocycles. The Kier molecular flexibility index (Phi) is 16.7. The molecule has 1 unspecified atom stereocenters. The molecule has 0 saturated carbocycles. The molecule has 352 valence electrons. The van der Waals surface area contributed by atoms with Gasteiger partial charge in [0.1, 0.15) is 41.1 Å². The van der Waals surface area contributed by atoms with E-state index in [-0.39, 0.29) is 34.5 Å². The van der Waals surface area contributed by atoms with Crippen molar-refractivity contribution in [2.24, 2.45) is 5.92 Å². The summed E-state index contributed by atoms with van der Waals surface area (Å²) in [6.45, 7) is 13.2. The zero-order valence-corrected chi connectivity index (χ0v) is 39.6. The van der Waals surface area contributed by atoms with Crippen LogP contribution in [0.4, 0.5) is 5.95 Å². The van der Waals surface area contributed by atoms with Crippen LogP contribution in [-0.4, -0.2) is 93.9 Å². The number of methoxy groups -OCH3 is 2. The number of aromatic nitrogens is 4. The molecule has 7 rings (SSSR count). The van der Waals surface area contributed by atoms with Crippen molar-refractivity contribution < 1.29 is 42.2 Å². The highest BCUT2D eigenvalue weighted by atomic mass is 35.5. The number of nitrogens with zero attached hydrogens (tertiary/aromatic N) is 4. The van der Waals surface area contributed by atoms with Gasteiger partial charge in [-0.1, -0.05) is 113 Å². The highest BCUT2D eigenvalue weighted by molar-refractivity contribution is 7.47. The monoisotopic (exact) mass is 945 g/mol. The van der Waals surface area contributed by atoms with Gasteiger partial charge in [0.15, 0.2) is 17.4 Å². The molecular formula is C47H57ClN7O10P. The van der Waals surface area contributed by atoms with E-state index in [4.69, 9.17) is 45.3 Å². The van der Waals surface area contributed by atoms with Crippen LogP contribution in [0.25, 0.3) is 11.2 Å². The number of para-hydroxylation sites is 1. The summed E-state index contributed by atoms with van der Waals surface area (Å²) in [6.07, 6.45) is -2.64. The fourth-order valence-electron chi connectivity index (χ4n) is 7.63. The quantitative estimate of drug-likeness (QED) is 0.0491. The second-order valence-corrected chi connectivity index (χ2v) is 17.3. The number of benzene rings is 4. The van der Waals surface area contributed by atoms with Crippen molar-refractivity contribution in [3.05, 3.63) is 142 Å². The number of halogens is 1. The average Bonchev–Trinajstić information content (AvgIpc) is 3.89. The van der Waals surface area contributed by atoms with Crippen molar-refractivity contribution in [1.82, 2.24) is 29.7 Å². The molecule has 1 aliphatic heterocycles. The van der Waals surface area contributed by atoms with Gasteiger partial charge >= 0.3 is 7.82 Å². The second kappa shape index (κ2) is 22.1. The molecule has 4 aromatic carbocycles. The lowest BCUT2D eigenvalue weighted by atomic mass is 9.80. The molecule has 66 heavy (non-hydrogen) atoms. The standard InChI is InChI=1S/C41H42ClN6O10P.C6H15N/c1-24(2)37(49)45-33-35(58-59(51,52)57-31-13-9-8-12-30(31)42)32(56-39(33)48-23-44-34-36(48)46-40(43)47-38(34)50)22-55-41(25-10-6-5-7-11-25,26-14-18-28(53-3)19-15-26)27-16-20-29(54-4)21-17-27;1-4-7(5-2)6-3/h5-21,23-24,32-33,35,39H,22H2,1-4H3,(H,45,49)(H,51,52)(H3,43,46,47,50);4-6H2,1-3H3/t32-,33-,35-,39-;/m1./s1. The largest absolute Gasteiger partial charge is 0.527 e. The number of rotatable bonds is 18. The fourth-order valence-corrected chi connectivity index (χ4v) is 8.88. The normalized spacial score (nSPS) is 18.1. The van der Waals surface area contributed by atoms with Crippen LogP contribution in [0, 0.1) is 5.92 Å². The number of nitrogens with one attached hydrogen (secondary N) is 2. The van der Waals surface area contributed by atoms with Crippen LogP contribution in [0.5, 0.6) is 17.2 Å². The average molecular weight is 946 g/mol. The number of phosphoric acid groups is 1. The highest BCUT2D eigenvalue weighted by Crippen LogP contribution is 2.51. The van der Waals surface area contributed by atoms with E-state index >= 15 is 0 Å². The summed E-state index contributed by atoms with van der Waals surface area (Å²) >= 11 is 6.31. The van der Waals surface area contributed by atoms with Crippen molar-refractivity contribution in [3.8, 4) is 17.2 Å². The molecule has 5 N–H and O–H groups in total. The van der Waals surface area contributed by atoms with E-state index in [1.165, 1.54) is 42.7 Å². The molecule has 6 aromatic rings. The van der Waals surface area contributed by atoms with Gasteiger partial charge in [-0.3, -0.25) is 28.6 Å². The van der Waals surface area contributed by atoms with Crippen molar-refractivity contribution in [1.29, 1.82) is 0 Å². The number of carbonyl (C=O) groups excluding carboxylic acids is 1. The number of ether oxygens (including phenoxy) is 4. The van der Waals surface area contributed by atoms with Gasteiger partial charge in [0.2, 0.25) is 11.9 Å². The van der Waals surface area contributed by atoms with E-state index in [9.17, 15) is 19.0 Å². The predicted octanol–water partition coefficient (Wildman–Crippen LogP) is 7.33.